The van der Waals surface area contributed by atoms with E-state index in [9.17, 15) is 10.2 Å². The second-order valence-corrected chi connectivity index (χ2v) is 10.5. The van der Waals surface area contributed by atoms with Crippen molar-refractivity contribution in [2.24, 2.45) is 0 Å². The van der Waals surface area contributed by atoms with Crippen molar-refractivity contribution < 1.29 is 33.9 Å². The molecule has 0 radical (unpaired) electrons. The van der Waals surface area contributed by atoms with E-state index in [0.29, 0.717) is 0 Å². The molecule has 37 heavy (non-hydrogen) atoms. The minimum Gasteiger partial charge on any atom is -0.494 e. The first-order valence-electron chi connectivity index (χ1n) is 14.7. The normalized spacial score (nSPS) is 27.7. The molecule has 0 aliphatic carbocycles. The molecular formula is C30H50O7. The van der Waals surface area contributed by atoms with Crippen molar-refractivity contribution in [3.8, 4) is 5.75 Å². The first-order valence-corrected chi connectivity index (χ1v) is 14.7. The SMILES string of the molecule is CCCCCCCCCCCCCCCCOc1ccc(C2OC[C@H]3O[C@H](OC)[C@H](O)[C@@H](O)[C@@H]3O2)cc1. The number of fused-ring (bicyclic) bond motifs is 1. The van der Waals surface area contributed by atoms with E-state index in [0.717, 1.165) is 24.3 Å². The first kappa shape index (κ1) is 30.3. The lowest BCUT2D eigenvalue weighted by molar-refractivity contribution is -0.358. The van der Waals surface area contributed by atoms with Crippen LogP contribution in [-0.4, -0.2) is 61.2 Å². The van der Waals surface area contributed by atoms with Crippen LogP contribution in [0.2, 0.25) is 0 Å². The predicted molar refractivity (Wildman–Crippen MR) is 143 cm³/mol. The van der Waals surface area contributed by atoms with Crippen molar-refractivity contribution in [1.29, 1.82) is 0 Å². The van der Waals surface area contributed by atoms with Crippen LogP contribution in [0.3, 0.4) is 0 Å². The topological polar surface area (TPSA) is 86.6 Å². The third-order valence-corrected chi connectivity index (χ3v) is 7.48. The Kier molecular flexibility index (Phi) is 14.2. The number of rotatable bonds is 18. The first-order chi connectivity index (χ1) is 18.1. The maximum absolute atomic E-state index is 10.4. The fourth-order valence-corrected chi connectivity index (χ4v) is 5.15. The fourth-order valence-electron chi connectivity index (χ4n) is 5.15. The summed E-state index contributed by atoms with van der Waals surface area (Å²) in [5, 5.41) is 20.6. The van der Waals surface area contributed by atoms with E-state index in [4.69, 9.17) is 23.7 Å². The molecule has 0 spiro atoms. The summed E-state index contributed by atoms with van der Waals surface area (Å²) in [4.78, 5) is 0. The van der Waals surface area contributed by atoms with Gasteiger partial charge in [-0.25, -0.2) is 0 Å². The zero-order valence-corrected chi connectivity index (χ0v) is 23.0. The van der Waals surface area contributed by atoms with E-state index in [2.05, 4.69) is 6.92 Å². The number of ether oxygens (including phenoxy) is 5. The van der Waals surface area contributed by atoms with Crippen LogP contribution in [0.25, 0.3) is 0 Å². The summed E-state index contributed by atoms with van der Waals surface area (Å²) in [6.07, 6.45) is 13.9. The molecule has 2 aliphatic rings. The second-order valence-electron chi connectivity index (χ2n) is 10.5. The van der Waals surface area contributed by atoms with E-state index in [1.54, 1.807) is 0 Å². The molecule has 2 fully saturated rings. The highest BCUT2D eigenvalue weighted by atomic mass is 16.7. The zero-order valence-electron chi connectivity index (χ0n) is 23.0. The summed E-state index contributed by atoms with van der Waals surface area (Å²) < 4.78 is 28.4. The van der Waals surface area contributed by atoms with Gasteiger partial charge in [-0.15, -0.1) is 0 Å². The Morgan fingerprint density at radius 3 is 1.89 bits per heavy atom. The summed E-state index contributed by atoms with van der Waals surface area (Å²) in [5.41, 5.74) is 0.831. The van der Waals surface area contributed by atoms with Crippen LogP contribution in [0, 0.1) is 0 Å². The van der Waals surface area contributed by atoms with Gasteiger partial charge in [0.15, 0.2) is 12.6 Å². The second kappa shape index (κ2) is 17.4. The predicted octanol–water partition coefficient (Wildman–Crippen LogP) is 6.05. The maximum Gasteiger partial charge on any atom is 0.186 e. The number of unbranched alkanes of at least 4 members (excludes halogenated alkanes) is 13. The van der Waals surface area contributed by atoms with Gasteiger partial charge in [-0.3, -0.25) is 0 Å². The minimum atomic E-state index is -1.17. The number of hydrogen-bond acceptors (Lipinski definition) is 7. The third kappa shape index (κ3) is 10.1. The third-order valence-electron chi connectivity index (χ3n) is 7.48. The molecule has 7 nitrogen and oxygen atoms in total. The van der Waals surface area contributed by atoms with Crippen LogP contribution >= 0.6 is 0 Å². The number of aliphatic hydroxyl groups is 2. The summed E-state index contributed by atoms with van der Waals surface area (Å²) in [6, 6.07) is 7.66. The molecule has 1 aromatic rings. The molecule has 1 aromatic carbocycles. The molecule has 0 saturated carbocycles. The van der Waals surface area contributed by atoms with E-state index in [1.165, 1.54) is 90.6 Å². The highest BCUT2D eigenvalue weighted by molar-refractivity contribution is 5.28. The summed E-state index contributed by atoms with van der Waals surface area (Å²) >= 11 is 0. The zero-order chi connectivity index (χ0) is 26.3. The van der Waals surface area contributed by atoms with Crippen LogP contribution in [0.5, 0.6) is 5.75 Å². The Balaban J connectivity index is 1.22. The van der Waals surface area contributed by atoms with Crippen molar-refractivity contribution in [3.05, 3.63) is 29.8 Å². The van der Waals surface area contributed by atoms with Crippen LogP contribution in [0.4, 0.5) is 0 Å². The van der Waals surface area contributed by atoms with E-state index < -0.39 is 37.0 Å². The Hall–Kier alpha value is -1.22. The minimum absolute atomic E-state index is 0.246. The fraction of sp³-hybridized carbons (Fsp3) is 0.800. The summed E-state index contributed by atoms with van der Waals surface area (Å²) in [7, 11) is 1.43. The van der Waals surface area contributed by atoms with Gasteiger partial charge in [0.05, 0.1) is 13.2 Å². The Labute approximate surface area is 223 Å². The van der Waals surface area contributed by atoms with E-state index in [1.807, 2.05) is 24.3 Å². The Bertz CT molecular complexity index is 710. The number of hydrogen-bond donors (Lipinski definition) is 2. The molecule has 2 N–H and O–H groups in total. The molecule has 6 atom stereocenters. The van der Waals surface area contributed by atoms with Gasteiger partial charge >= 0.3 is 0 Å². The van der Waals surface area contributed by atoms with Crippen molar-refractivity contribution in [2.75, 3.05) is 20.3 Å². The highest BCUT2D eigenvalue weighted by Gasteiger charge is 2.49. The Morgan fingerprint density at radius 1 is 0.757 bits per heavy atom. The van der Waals surface area contributed by atoms with Crippen LogP contribution in [0.1, 0.15) is 109 Å². The monoisotopic (exact) mass is 522 g/mol. The number of methoxy groups -OCH3 is 1. The lowest BCUT2D eigenvalue weighted by Gasteiger charge is -2.45. The molecule has 0 amide bonds. The largest absolute Gasteiger partial charge is 0.494 e. The molecule has 7 heteroatoms. The summed E-state index contributed by atoms with van der Waals surface area (Å²) in [6.45, 7) is 3.24. The molecule has 0 bridgehead atoms. The van der Waals surface area contributed by atoms with Gasteiger partial charge in [-0.05, 0) is 18.6 Å². The molecule has 2 heterocycles. The molecule has 2 aliphatic heterocycles. The van der Waals surface area contributed by atoms with Crippen molar-refractivity contribution >= 4 is 0 Å². The molecular weight excluding hydrogens is 472 g/mol. The van der Waals surface area contributed by atoms with Crippen molar-refractivity contribution in [1.82, 2.24) is 0 Å². The standard InChI is InChI=1S/C30H50O7/c1-3-4-5-6-7-8-9-10-11-12-13-14-15-16-21-34-24-19-17-23(18-20-24)29-35-22-25-28(37-29)26(31)27(32)30(33-2)36-25/h17-20,25-32H,3-16,21-22H2,1-2H3/t25-,26-,27-,28-,29?,30+/m1/s1. The summed E-state index contributed by atoms with van der Waals surface area (Å²) in [5.74, 6) is 0.825. The molecule has 0 aromatic heterocycles. The van der Waals surface area contributed by atoms with Gasteiger partial charge in [0.1, 0.15) is 30.2 Å². The van der Waals surface area contributed by atoms with Gasteiger partial charge in [0.25, 0.3) is 0 Å². The van der Waals surface area contributed by atoms with Crippen molar-refractivity contribution in [2.45, 2.75) is 134 Å². The molecule has 212 valence electrons. The van der Waals surface area contributed by atoms with E-state index in [-0.39, 0.29) is 6.61 Å². The smallest absolute Gasteiger partial charge is 0.186 e. The molecule has 2 saturated heterocycles. The van der Waals surface area contributed by atoms with Crippen molar-refractivity contribution in [3.63, 3.8) is 0 Å². The lowest BCUT2D eigenvalue weighted by Crippen LogP contribution is -2.62. The Morgan fingerprint density at radius 2 is 1.32 bits per heavy atom. The van der Waals surface area contributed by atoms with Gasteiger partial charge in [-0.1, -0.05) is 103 Å². The van der Waals surface area contributed by atoms with Crippen LogP contribution in [-0.2, 0) is 18.9 Å². The van der Waals surface area contributed by atoms with Gasteiger partial charge in [0.2, 0.25) is 0 Å². The van der Waals surface area contributed by atoms with Gasteiger partial charge in [0, 0.05) is 12.7 Å². The van der Waals surface area contributed by atoms with Gasteiger partial charge < -0.3 is 33.9 Å². The quantitative estimate of drug-likeness (QED) is 0.227. The number of aliphatic hydroxyl groups excluding tert-OH is 2. The molecule has 1 unspecified atom stereocenters. The van der Waals surface area contributed by atoms with Crippen LogP contribution in [0.15, 0.2) is 24.3 Å². The number of benzene rings is 1. The maximum atomic E-state index is 10.4. The van der Waals surface area contributed by atoms with E-state index >= 15 is 0 Å². The highest BCUT2D eigenvalue weighted by Crippen LogP contribution is 2.34. The average Bonchev–Trinajstić information content (AvgIpc) is 2.93. The van der Waals surface area contributed by atoms with Gasteiger partial charge in [-0.2, -0.15) is 0 Å². The lowest BCUT2D eigenvalue weighted by atomic mass is 9.98. The molecule has 3 rings (SSSR count). The average molecular weight is 523 g/mol. The van der Waals surface area contributed by atoms with Crippen LogP contribution < -0.4 is 4.74 Å².